The Bertz CT molecular complexity index is 566. The van der Waals surface area contributed by atoms with Crippen LogP contribution in [0.3, 0.4) is 0 Å². The molecular formula is C17H19ClFN. The molecular weight excluding hydrogens is 273 g/mol. The third-order valence-electron chi connectivity index (χ3n) is 3.47. The van der Waals surface area contributed by atoms with Crippen molar-refractivity contribution in [3.63, 3.8) is 0 Å². The average Bonchev–Trinajstić information content (AvgIpc) is 2.44. The zero-order valence-electron chi connectivity index (χ0n) is 11.8. The molecule has 0 spiro atoms. The molecule has 0 heterocycles. The zero-order valence-corrected chi connectivity index (χ0v) is 12.5. The van der Waals surface area contributed by atoms with Gasteiger partial charge in [-0.25, -0.2) is 4.39 Å². The molecule has 0 aromatic heterocycles. The third kappa shape index (κ3) is 3.59. The molecule has 0 saturated heterocycles. The van der Waals surface area contributed by atoms with E-state index < -0.39 is 0 Å². The van der Waals surface area contributed by atoms with Crippen molar-refractivity contribution in [2.24, 2.45) is 0 Å². The molecule has 0 bridgehead atoms. The van der Waals surface area contributed by atoms with E-state index in [9.17, 15) is 4.39 Å². The molecule has 0 aliphatic heterocycles. The van der Waals surface area contributed by atoms with Crippen LogP contribution in [0, 0.1) is 5.82 Å². The van der Waals surface area contributed by atoms with E-state index in [1.807, 2.05) is 24.3 Å². The molecule has 0 radical (unpaired) electrons. The van der Waals surface area contributed by atoms with Crippen molar-refractivity contribution < 1.29 is 4.39 Å². The quantitative estimate of drug-likeness (QED) is 0.852. The topological polar surface area (TPSA) is 12.0 Å². The fourth-order valence-electron chi connectivity index (χ4n) is 2.19. The van der Waals surface area contributed by atoms with Crippen LogP contribution in [0.15, 0.2) is 48.5 Å². The van der Waals surface area contributed by atoms with Gasteiger partial charge < -0.3 is 5.32 Å². The van der Waals surface area contributed by atoms with Gasteiger partial charge in [-0.15, -0.1) is 0 Å². The predicted molar refractivity (Wildman–Crippen MR) is 82.6 cm³/mol. The van der Waals surface area contributed by atoms with Crippen molar-refractivity contribution in [2.75, 3.05) is 6.54 Å². The molecule has 20 heavy (non-hydrogen) atoms. The Kier molecular flexibility index (Phi) is 4.79. The minimum Gasteiger partial charge on any atom is -0.312 e. The van der Waals surface area contributed by atoms with Crippen molar-refractivity contribution in [1.29, 1.82) is 0 Å². The van der Waals surface area contributed by atoms with Crippen LogP contribution in [0.5, 0.6) is 0 Å². The molecule has 0 fully saturated rings. The molecule has 3 heteroatoms. The summed E-state index contributed by atoms with van der Waals surface area (Å²) in [5, 5.41) is 3.56. The zero-order chi connectivity index (χ0) is 14.6. The Morgan fingerprint density at radius 1 is 1.05 bits per heavy atom. The lowest BCUT2D eigenvalue weighted by atomic mass is 9.84. The standard InChI is InChI=1S/C17H19ClFN/c1-17(2,14-8-4-3-5-9-14)12-20-11-13-7-6-10-15(19)16(13)18/h3-10,20H,11-12H2,1-2H3. The molecule has 2 aromatic carbocycles. The van der Waals surface area contributed by atoms with E-state index in [1.165, 1.54) is 11.6 Å². The summed E-state index contributed by atoms with van der Waals surface area (Å²) in [6, 6.07) is 15.2. The second kappa shape index (κ2) is 6.38. The van der Waals surface area contributed by atoms with Gasteiger partial charge in [-0.05, 0) is 17.2 Å². The second-order valence-electron chi connectivity index (χ2n) is 5.57. The highest BCUT2D eigenvalue weighted by Crippen LogP contribution is 2.23. The van der Waals surface area contributed by atoms with Crippen LogP contribution >= 0.6 is 11.6 Å². The minimum absolute atomic E-state index is 0.0149. The molecule has 0 aliphatic carbocycles. The Morgan fingerprint density at radius 2 is 1.75 bits per heavy atom. The first kappa shape index (κ1) is 15.0. The highest BCUT2D eigenvalue weighted by atomic mass is 35.5. The number of benzene rings is 2. The number of rotatable bonds is 5. The lowest BCUT2D eigenvalue weighted by molar-refractivity contribution is 0.468. The first-order chi connectivity index (χ1) is 9.50. The molecule has 0 saturated carbocycles. The SMILES string of the molecule is CC(C)(CNCc1cccc(F)c1Cl)c1ccccc1. The second-order valence-corrected chi connectivity index (χ2v) is 5.94. The number of nitrogens with one attached hydrogen (secondary N) is 1. The van der Waals surface area contributed by atoms with Crippen LogP contribution in [0.1, 0.15) is 25.0 Å². The van der Waals surface area contributed by atoms with Gasteiger partial charge in [0.15, 0.2) is 0 Å². The molecule has 0 atom stereocenters. The van der Waals surface area contributed by atoms with E-state index in [-0.39, 0.29) is 16.3 Å². The van der Waals surface area contributed by atoms with Crippen LogP contribution in [-0.4, -0.2) is 6.54 Å². The summed E-state index contributed by atoms with van der Waals surface area (Å²) in [5.41, 5.74) is 2.08. The summed E-state index contributed by atoms with van der Waals surface area (Å²) in [4.78, 5) is 0. The predicted octanol–water partition coefficient (Wildman–Crippen LogP) is 4.55. The van der Waals surface area contributed by atoms with Crippen molar-refractivity contribution in [2.45, 2.75) is 25.8 Å². The maximum Gasteiger partial charge on any atom is 0.142 e. The number of halogens is 2. The van der Waals surface area contributed by atoms with Crippen molar-refractivity contribution >= 4 is 11.6 Å². The minimum atomic E-state index is -0.367. The van der Waals surface area contributed by atoms with Gasteiger partial charge in [-0.1, -0.05) is 67.9 Å². The Hall–Kier alpha value is -1.38. The lowest BCUT2D eigenvalue weighted by Crippen LogP contribution is -2.32. The summed E-state index contributed by atoms with van der Waals surface area (Å²) >= 11 is 5.95. The van der Waals surface area contributed by atoms with Gasteiger partial charge >= 0.3 is 0 Å². The Balaban J connectivity index is 1.97. The van der Waals surface area contributed by atoms with Crippen molar-refractivity contribution in [1.82, 2.24) is 5.32 Å². The van der Waals surface area contributed by atoms with Gasteiger partial charge in [0.2, 0.25) is 0 Å². The van der Waals surface area contributed by atoms with E-state index in [2.05, 4.69) is 31.3 Å². The summed E-state index contributed by atoms with van der Waals surface area (Å²) in [5.74, 6) is -0.367. The highest BCUT2D eigenvalue weighted by Gasteiger charge is 2.19. The first-order valence-electron chi connectivity index (χ1n) is 6.70. The lowest BCUT2D eigenvalue weighted by Gasteiger charge is -2.26. The monoisotopic (exact) mass is 291 g/mol. The van der Waals surface area contributed by atoms with Crippen molar-refractivity contribution in [3.05, 3.63) is 70.5 Å². The van der Waals surface area contributed by atoms with Gasteiger partial charge in [0.05, 0.1) is 5.02 Å². The molecule has 0 unspecified atom stereocenters. The maximum atomic E-state index is 13.3. The molecule has 0 aliphatic rings. The van der Waals surface area contributed by atoms with Crippen LogP contribution in [0.4, 0.5) is 4.39 Å². The van der Waals surface area contributed by atoms with Gasteiger partial charge in [0.1, 0.15) is 5.82 Å². The van der Waals surface area contributed by atoms with E-state index in [4.69, 9.17) is 11.6 Å². The maximum absolute atomic E-state index is 13.3. The van der Waals surface area contributed by atoms with Gasteiger partial charge in [-0.2, -0.15) is 0 Å². The van der Waals surface area contributed by atoms with Crippen LogP contribution < -0.4 is 5.32 Å². The first-order valence-corrected chi connectivity index (χ1v) is 7.07. The molecule has 2 aromatic rings. The average molecular weight is 292 g/mol. The van der Waals surface area contributed by atoms with E-state index in [0.717, 1.165) is 12.1 Å². The summed E-state index contributed by atoms with van der Waals surface area (Å²) in [7, 11) is 0. The fraction of sp³-hybridized carbons (Fsp3) is 0.294. The Labute approximate surface area is 124 Å². The van der Waals surface area contributed by atoms with Crippen molar-refractivity contribution in [3.8, 4) is 0 Å². The number of hydrogen-bond donors (Lipinski definition) is 1. The normalized spacial score (nSPS) is 11.6. The highest BCUT2D eigenvalue weighted by molar-refractivity contribution is 6.31. The van der Waals surface area contributed by atoms with Gasteiger partial charge in [-0.3, -0.25) is 0 Å². The van der Waals surface area contributed by atoms with Gasteiger partial charge in [0.25, 0.3) is 0 Å². The summed E-state index contributed by atoms with van der Waals surface area (Å²) in [6.45, 7) is 5.72. The molecule has 0 amide bonds. The van der Waals surface area contributed by atoms with E-state index in [1.54, 1.807) is 6.07 Å². The number of hydrogen-bond acceptors (Lipinski definition) is 1. The largest absolute Gasteiger partial charge is 0.312 e. The molecule has 106 valence electrons. The third-order valence-corrected chi connectivity index (χ3v) is 3.89. The molecule has 1 nitrogen and oxygen atoms in total. The van der Waals surface area contributed by atoms with Crippen LogP contribution in [-0.2, 0) is 12.0 Å². The van der Waals surface area contributed by atoms with Crippen LogP contribution in [0.25, 0.3) is 0 Å². The summed E-state index contributed by atoms with van der Waals surface area (Å²) in [6.07, 6.45) is 0. The van der Waals surface area contributed by atoms with Crippen LogP contribution in [0.2, 0.25) is 5.02 Å². The van der Waals surface area contributed by atoms with E-state index in [0.29, 0.717) is 6.54 Å². The molecule has 2 rings (SSSR count). The smallest absolute Gasteiger partial charge is 0.142 e. The summed E-state index contributed by atoms with van der Waals surface area (Å²) < 4.78 is 13.3. The van der Waals surface area contributed by atoms with E-state index >= 15 is 0 Å². The van der Waals surface area contributed by atoms with Gasteiger partial charge in [0, 0.05) is 18.5 Å². The molecule has 1 N–H and O–H groups in total. The Morgan fingerprint density at radius 3 is 2.45 bits per heavy atom. The fourth-order valence-corrected chi connectivity index (χ4v) is 2.38.